The van der Waals surface area contributed by atoms with E-state index in [9.17, 15) is 18.0 Å². The third kappa shape index (κ3) is 5.82. The number of sulfonamides is 1. The minimum Gasteiger partial charge on any atom is -0.449 e. The number of hydrogen-bond donors (Lipinski definition) is 2. The molecule has 0 aliphatic rings. The number of halogens is 1. The minimum atomic E-state index is -3.63. The molecule has 10 heteroatoms. The molecule has 0 radical (unpaired) electrons. The highest BCUT2D eigenvalue weighted by Gasteiger charge is 2.20. The average Bonchev–Trinajstić information content (AvgIpc) is 2.72. The zero-order valence-electron chi connectivity index (χ0n) is 17.6. The van der Waals surface area contributed by atoms with E-state index in [-0.39, 0.29) is 16.5 Å². The van der Waals surface area contributed by atoms with Crippen molar-refractivity contribution in [3.63, 3.8) is 0 Å². The zero-order chi connectivity index (χ0) is 23.5. The van der Waals surface area contributed by atoms with E-state index in [4.69, 9.17) is 16.3 Å². The molecule has 3 rings (SSSR count). The number of pyridine rings is 1. The number of nitrogens with zero attached hydrogens (tertiary/aromatic N) is 1. The van der Waals surface area contributed by atoms with Crippen molar-refractivity contribution in [2.45, 2.75) is 37.8 Å². The van der Waals surface area contributed by atoms with Gasteiger partial charge in [0.2, 0.25) is 10.0 Å². The second-order valence-corrected chi connectivity index (χ2v) is 9.48. The Labute approximate surface area is 191 Å². The van der Waals surface area contributed by atoms with Crippen LogP contribution >= 0.6 is 11.6 Å². The summed E-state index contributed by atoms with van der Waals surface area (Å²) in [5, 5.41) is 3.66. The molecule has 1 heterocycles. The van der Waals surface area contributed by atoms with Gasteiger partial charge in [0.25, 0.3) is 5.91 Å². The van der Waals surface area contributed by atoms with E-state index >= 15 is 0 Å². The highest BCUT2D eigenvalue weighted by molar-refractivity contribution is 7.89. The largest absolute Gasteiger partial charge is 0.449 e. The fourth-order valence-corrected chi connectivity index (χ4v) is 4.25. The van der Waals surface area contributed by atoms with Crippen LogP contribution in [-0.2, 0) is 19.6 Å². The molecule has 0 saturated carbocycles. The highest BCUT2D eigenvalue weighted by atomic mass is 35.5. The van der Waals surface area contributed by atoms with Gasteiger partial charge in [0.1, 0.15) is 5.15 Å². The number of carbonyl (C=O) groups is 2. The van der Waals surface area contributed by atoms with Crippen molar-refractivity contribution in [3.8, 4) is 0 Å². The third-order valence-electron chi connectivity index (χ3n) is 4.37. The molecule has 0 bridgehead atoms. The Balaban J connectivity index is 1.63. The van der Waals surface area contributed by atoms with Crippen LogP contribution in [0.2, 0.25) is 5.15 Å². The SMILES string of the molecule is CC(C)NS(=O)(=O)c1ccc(NC(=O)C(C)OC(=O)c2ccc3nc(Cl)ccc3c2)cc1. The normalized spacial score (nSPS) is 12.5. The predicted molar refractivity (Wildman–Crippen MR) is 122 cm³/mol. The first kappa shape index (κ1) is 23.6. The van der Waals surface area contributed by atoms with Gasteiger partial charge in [-0.15, -0.1) is 0 Å². The number of anilines is 1. The quantitative estimate of drug-likeness (QED) is 0.397. The molecule has 168 valence electrons. The lowest BCUT2D eigenvalue weighted by atomic mass is 10.1. The van der Waals surface area contributed by atoms with Crippen LogP contribution in [0.25, 0.3) is 10.9 Å². The van der Waals surface area contributed by atoms with Crippen LogP contribution < -0.4 is 10.0 Å². The summed E-state index contributed by atoms with van der Waals surface area (Å²) in [6.07, 6.45) is -1.08. The molecule has 1 unspecified atom stereocenters. The van der Waals surface area contributed by atoms with Gasteiger partial charge < -0.3 is 10.1 Å². The van der Waals surface area contributed by atoms with Gasteiger partial charge in [-0.2, -0.15) is 0 Å². The summed E-state index contributed by atoms with van der Waals surface area (Å²) in [4.78, 5) is 29.1. The van der Waals surface area contributed by atoms with E-state index in [2.05, 4.69) is 15.0 Å². The fourth-order valence-electron chi connectivity index (χ4n) is 2.85. The number of amides is 1. The summed E-state index contributed by atoms with van der Waals surface area (Å²) in [7, 11) is -3.63. The molecular weight excluding hydrogens is 454 g/mol. The van der Waals surface area contributed by atoms with Crippen LogP contribution in [0.5, 0.6) is 0 Å². The topological polar surface area (TPSA) is 114 Å². The van der Waals surface area contributed by atoms with Gasteiger partial charge in [-0.05, 0) is 75.4 Å². The summed E-state index contributed by atoms with van der Waals surface area (Å²) in [6, 6.07) is 13.6. The van der Waals surface area contributed by atoms with Crippen molar-refractivity contribution in [3.05, 3.63) is 65.3 Å². The summed E-state index contributed by atoms with van der Waals surface area (Å²) >= 11 is 5.86. The molecule has 32 heavy (non-hydrogen) atoms. The van der Waals surface area contributed by atoms with Crippen molar-refractivity contribution >= 4 is 50.1 Å². The lowest BCUT2D eigenvalue weighted by molar-refractivity contribution is -0.123. The molecule has 2 aromatic carbocycles. The standard InChI is InChI=1S/C22H22ClN3O5S/c1-13(2)26-32(29,30)18-8-6-17(7-9-18)24-21(27)14(3)31-22(28)16-4-10-19-15(12-16)5-11-20(23)25-19/h4-14,26H,1-3H3,(H,24,27). The van der Waals surface area contributed by atoms with Crippen LogP contribution in [0.15, 0.2) is 59.5 Å². The maximum atomic E-state index is 12.4. The van der Waals surface area contributed by atoms with Gasteiger partial charge in [-0.1, -0.05) is 11.6 Å². The maximum absolute atomic E-state index is 12.4. The molecule has 8 nitrogen and oxygen atoms in total. The fraction of sp³-hybridized carbons (Fsp3) is 0.227. The molecule has 0 fully saturated rings. The number of fused-ring (bicyclic) bond motifs is 1. The van der Waals surface area contributed by atoms with Crippen molar-refractivity contribution < 1.29 is 22.7 Å². The molecule has 2 N–H and O–H groups in total. The Kier molecular flexibility index (Phi) is 7.12. The Morgan fingerprint density at radius 2 is 1.69 bits per heavy atom. The third-order valence-corrected chi connectivity index (χ3v) is 6.25. The van der Waals surface area contributed by atoms with Crippen LogP contribution in [0.1, 0.15) is 31.1 Å². The first-order valence-electron chi connectivity index (χ1n) is 9.76. The first-order chi connectivity index (χ1) is 15.0. The molecular formula is C22H22ClN3O5S. The number of benzene rings is 2. The Bertz CT molecular complexity index is 1260. The first-order valence-corrected chi connectivity index (χ1v) is 11.6. The molecule has 0 saturated heterocycles. The number of carbonyl (C=O) groups excluding carboxylic acids is 2. The number of rotatable bonds is 7. The van der Waals surface area contributed by atoms with Crippen molar-refractivity contribution in [2.75, 3.05) is 5.32 Å². The molecule has 3 aromatic rings. The van der Waals surface area contributed by atoms with Gasteiger partial charge in [0, 0.05) is 17.1 Å². The molecule has 1 atom stereocenters. The van der Waals surface area contributed by atoms with E-state index in [0.29, 0.717) is 21.7 Å². The number of hydrogen-bond acceptors (Lipinski definition) is 6. The van der Waals surface area contributed by atoms with E-state index in [0.717, 1.165) is 0 Å². The summed E-state index contributed by atoms with van der Waals surface area (Å²) < 4.78 is 32.1. The van der Waals surface area contributed by atoms with Gasteiger partial charge in [0.05, 0.1) is 16.0 Å². The van der Waals surface area contributed by atoms with Crippen LogP contribution in [0.4, 0.5) is 5.69 Å². The van der Waals surface area contributed by atoms with Gasteiger partial charge in [-0.25, -0.2) is 22.9 Å². The van der Waals surface area contributed by atoms with E-state index in [1.54, 1.807) is 44.2 Å². The Morgan fingerprint density at radius 1 is 1.00 bits per heavy atom. The summed E-state index contributed by atoms with van der Waals surface area (Å²) in [5.74, 6) is -1.21. The summed E-state index contributed by atoms with van der Waals surface area (Å²) in [6.45, 7) is 4.89. The van der Waals surface area contributed by atoms with Gasteiger partial charge >= 0.3 is 5.97 Å². The lowest BCUT2D eigenvalue weighted by Gasteiger charge is -2.14. The Morgan fingerprint density at radius 3 is 2.34 bits per heavy atom. The summed E-state index contributed by atoms with van der Waals surface area (Å²) in [5.41, 5.74) is 1.28. The van der Waals surface area contributed by atoms with E-state index < -0.39 is 28.0 Å². The van der Waals surface area contributed by atoms with Crippen LogP contribution in [0.3, 0.4) is 0 Å². The molecule has 1 amide bonds. The van der Waals surface area contributed by atoms with Gasteiger partial charge in [-0.3, -0.25) is 4.79 Å². The van der Waals surface area contributed by atoms with Crippen molar-refractivity contribution in [2.24, 2.45) is 0 Å². The second kappa shape index (κ2) is 9.64. The van der Waals surface area contributed by atoms with E-state index in [1.165, 1.54) is 31.2 Å². The van der Waals surface area contributed by atoms with E-state index in [1.807, 2.05) is 0 Å². The maximum Gasteiger partial charge on any atom is 0.338 e. The Hall–Kier alpha value is -3.01. The molecule has 0 aliphatic heterocycles. The smallest absolute Gasteiger partial charge is 0.338 e. The minimum absolute atomic E-state index is 0.0794. The van der Waals surface area contributed by atoms with Crippen molar-refractivity contribution in [1.29, 1.82) is 0 Å². The average molecular weight is 476 g/mol. The zero-order valence-corrected chi connectivity index (χ0v) is 19.2. The van der Waals surface area contributed by atoms with Crippen LogP contribution in [-0.4, -0.2) is 37.4 Å². The second-order valence-electron chi connectivity index (χ2n) is 7.38. The van der Waals surface area contributed by atoms with Crippen molar-refractivity contribution in [1.82, 2.24) is 9.71 Å². The monoisotopic (exact) mass is 475 g/mol. The predicted octanol–water partition coefficient (Wildman–Crippen LogP) is 3.76. The lowest BCUT2D eigenvalue weighted by Crippen LogP contribution is -2.30. The number of aromatic nitrogens is 1. The number of ether oxygens (including phenoxy) is 1. The molecule has 0 spiro atoms. The molecule has 0 aliphatic carbocycles. The number of nitrogens with one attached hydrogen (secondary N) is 2. The molecule has 1 aromatic heterocycles. The van der Waals surface area contributed by atoms with Crippen LogP contribution in [0, 0.1) is 0 Å². The highest BCUT2D eigenvalue weighted by Crippen LogP contribution is 2.19. The van der Waals surface area contributed by atoms with Gasteiger partial charge in [0.15, 0.2) is 6.10 Å². The number of esters is 1.